The van der Waals surface area contributed by atoms with E-state index in [0.717, 1.165) is 5.56 Å². The fourth-order valence-corrected chi connectivity index (χ4v) is 2.09. The van der Waals surface area contributed by atoms with Crippen molar-refractivity contribution in [1.29, 1.82) is 0 Å². The lowest BCUT2D eigenvalue weighted by Gasteiger charge is -2.08. The molecule has 3 nitrogen and oxygen atoms in total. The lowest BCUT2D eigenvalue weighted by atomic mass is 10.2. The number of ether oxygens (including phenoxy) is 2. The van der Waals surface area contributed by atoms with E-state index in [-0.39, 0.29) is 0 Å². The number of esters is 1. The Balaban J connectivity index is 2.20. The van der Waals surface area contributed by atoms with Gasteiger partial charge in [0.15, 0.2) is 0 Å². The molecule has 2 aromatic carbocycles. The maximum atomic E-state index is 12.1. The molecule has 0 spiro atoms. The average Bonchev–Trinajstić information content (AvgIpc) is 2.47. The first-order valence-electron chi connectivity index (χ1n) is 5.74. The Labute approximate surface area is 120 Å². The molecule has 98 valence electrons. The van der Waals surface area contributed by atoms with Gasteiger partial charge in [-0.15, -0.1) is 0 Å². The summed E-state index contributed by atoms with van der Waals surface area (Å²) in [7, 11) is 1.56. The van der Waals surface area contributed by atoms with E-state index in [1.165, 1.54) is 0 Å². The van der Waals surface area contributed by atoms with Crippen molar-refractivity contribution < 1.29 is 14.3 Å². The third-order valence-electron chi connectivity index (χ3n) is 2.62. The number of alkyl halides is 1. The Kier molecular flexibility index (Phi) is 4.58. The average molecular weight is 321 g/mol. The van der Waals surface area contributed by atoms with Crippen LogP contribution >= 0.6 is 15.9 Å². The molecule has 0 fully saturated rings. The SMILES string of the molecule is COc1cccc(C(=O)Oc2ccccc2CBr)c1. The van der Waals surface area contributed by atoms with Crippen LogP contribution in [0.25, 0.3) is 0 Å². The monoisotopic (exact) mass is 320 g/mol. The zero-order valence-corrected chi connectivity index (χ0v) is 12.0. The van der Waals surface area contributed by atoms with Crippen molar-refractivity contribution in [2.24, 2.45) is 0 Å². The van der Waals surface area contributed by atoms with E-state index in [4.69, 9.17) is 9.47 Å². The van der Waals surface area contributed by atoms with Crippen LogP contribution in [0.1, 0.15) is 15.9 Å². The molecule has 4 heteroatoms. The summed E-state index contributed by atoms with van der Waals surface area (Å²) in [6.45, 7) is 0. The van der Waals surface area contributed by atoms with E-state index in [2.05, 4.69) is 15.9 Å². The Morgan fingerprint density at radius 2 is 1.95 bits per heavy atom. The van der Waals surface area contributed by atoms with Gasteiger partial charge >= 0.3 is 5.97 Å². The fraction of sp³-hybridized carbons (Fsp3) is 0.133. The largest absolute Gasteiger partial charge is 0.497 e. The van der Waals surface area contributed by atoms with Crippen LogP contribution in [0, 0.1) is 0 Å². The summed E-state index contributed by atoms with van der Waals surface area (Å²) in [5, 5.41) is 0.633. The van der Waals surface area contributed by atoms with Crippen molar-refractivity contribution in [3.05, 3.63) is 59.7 Å². The molecule has 0 aliphatic carbocycles. The van der Waals surface area contributed by atoms with Crippen molar-refractivity contribution in [2.45, 2.75) is 5.33 Å². The lowest BCUT2D eigenvalue weighted by molar-refractivity contribution is 0.0733. The summed E-state index contributed by atoms with van der Waals surface area (Å²) in [6, 6.07) is 14.3. The number of hydrogen-bond donors (Lipinski definition) is 0. The second-order valence-electron chi connectivity index (χ2n) is 3.86. The van der Waals surface area contributed by atoms with Gasteiger partial charge < -0.3 is 9.47 Å². The molecule has 0 N–H and O–H groups in total. The minimum atomic E-state index is -0.396. The van der Waals surface area contributed by atoms with Gasteiger partial charge in [-0.05, 0) is 24.3 Å². The summed E-state index contributed by atoms with van der Waals surface area (Å²) in [5.74, 6) is 0.794. The van der Waals surface area contributed by atoms with Crippen LogP contribution in [0.15, 0.2) is 48.5 Å². The number of carbonyl (C=O) groups excluding carboxylic acids is 1. The van der Waals surface area contributed by atoms with Crippen molar-refractivity contribution in [3.8, 4) is 11.5 Å². The van der Waals surface area contributed by atoms with Gasteiger partial charge in [0, 0.05) is 10.9 Å². The maximum Gasteiger partial charge on any atom is 0.343 e. The molecule has 0 aliphatic rings. The predicted molar refractivity (Wildman–Crippen MR) is 77.0 cm³/mol. The number of hydrogen-bond acceptors (Lipinski definition) is 3. The molecule has 0 aliphatic heterocycles. The van der Waals surface area contributed by atoms with Crippen LogP contribution in [0.3, 0.4) is 0 Å². The molecular weight excluding hydrogens is 308 g/mol. The fourth-order valence-electron chi connectivity index (χ4n) is 1.62. The predicted octanol–water partition coefficient (Wildman–Crippen LogP) is 3.81. The number of rotatable bonds is 4. The Hall–Kier alpha value is -1.81. The highest BCUT2D eigenvalue weighted by Crippen LogP contribution is 2.22. The quantitative estimate of drug-likeness (QED) is 0.488. The first kappa shape index (κ1) is 13.6. The molecule has 19 heavy (non-hydrogen) atoms. The van der Waals surface area contributed by atoms with E-state index in [9.17, 15) is 4.79 Å². The summed E-state index contributed by atoms with van der Waals surface area (Å²) in [6.07, 6.45) is 0. The normalized spacial score (nSPS) is 10.0. The summed E-state index contributed by atoms with van der Waals surface area (Å²) in [4.78, 5) is 12.1. The Morgan fingerprint density at radius 3 is 2.68 bits per heavy atom. The zero-order valence-electron chi connectivity index (χ0n) is 10.4. The second kappa shape index (κ2) is 6.38. The van der Waals surface area contributed by atoms with Gasteiger partial charge in [-0.25, -0.2) is 4.79 Å². The molecular formula is C15H13BrO3. The molecule has 0 unspecified atom stereocenters. The summed E-state index contributed by atoms with van der Waals surface area (Å²) in [5.41, 5.74) is 1.39. The zero-order chi connectivity index (χ0) is 13.7. The van der Waals surface area contributed by atoms with Gasteiger partial charge in [-0.2, -0.15) is 0 Å². The standard InChI is InChI=1S/C15H13BrO3/c1-18-13-7-4-6-11(9-13)15(17)19-14-8-3-2-5-12(14)10-16/h2-9H,10H2,1H3. The molecule has 0 aromatic heterocycles. The van der Waals surface area contributed by atoms with Gasteiger partial charge in [-0.1, -0.05) is 40.2 Å². The van der Waals surface area contributed by atoms with Gasteiger partial charge in [0.2, 0.25) is 0 Å². The third-order valence-corrected chi connectivity index (χ3v) is 3.23. The number of methoxy groups -OCH3 is 1. The number of halogens is 1. The van der Waals surface area contributed by atoms with E-state index in [1.807, 2.05) is 18.2 Å². The van der Waals surface area contributed by atoms with Gasteiger partial charge in [0.05, 0.1) is 12.7 Å². The highest BCUT2D eigenvalue weighted by Gasteiger charge is 2.11. The summed E-state index contributed by atoms with van der Waals surface area (Å²) < 4.78 is 10.5. The molecule has 0 amide bonds. The van der Waals surface area contributed by atoms with Crippen molar-refractivity contribution >= 4 is 21.9 Å². The van der Waals surface area contributed by atoms with Crippen LogP contribution in [-0.2, 0) is 5.33 Å². The topological polar surface area (TPSA) is 35.5 Å². The Bertz CT molecular complexity index is 581. The van der Waals surface area contributed by atoms with Crippen LogP contribution in [0.2, 0.25) is 0 Å². The molecule has 0 atom stereocenters. The molecule has 2 rings (SSSR count). The van der Waals surface area contributed by atoms with E-state index in [0.29, 0.717) is 22.4 Å². The first-order valence-corrected chi connectivity index (χ1v) is 6.87. The van der Waals surface area contributed by atoms with E-state index in [1.54, 1.807) is 37.4 Å². The Morgan fingerprint density at radius 1 is 1.16 bits per heavy atom. The van der Waals surface area contributed by atoms with E-state index < -0.39 is 5.97 Å². The highest BCUT2D eigenvalue weighted by molar-refractivity contribution is 9.08. The number of carbonyl (C=O) groups is 1. The van der Waals surface area contributed by atoms with Crippen LogP contribution in [0.4, 0.5) is 0 Å². The minimum Gasteiger partial charge on any atom is -0.497 e. The number of benzene rings is 2. The molecule has 0 saturated heterocycles. The van der Waals surface area contributed by atoms with Crippen LogP contribution < -0.4 is 9.47 Å². The third kappa shape index (κ3) is 3.35. The van der Waals surface area contributed by atoms with Crippen molar-refractivity contribution in [2.75, 3.05) is 7.11 Å². The van der Waals surface area contributed by atoms with Crippen LogP contribution in [0.5, 0.6) is 11.5 Å². The van der Waals surface area contributed by atoms with Gasteiger partial charge in [-0.3, -0.25) is 0 Å². The van der Waals surface area contributed by atoms with Gasteiger partial charge in [0.25, 0.3) is 0 Å². The number of para-hydroxylation sites is 1. The molecule has 0 heterocycles. The summed E-state index contributed by atoms with van der Waals surface area (Å²) >= 11 is 3.37. The van der Waals surface area contributed by atoms with Crippen molar-refractivity contribution in [1.82, 2.24) is 0 Å². The smallest absolute Gasteiger partial charge is 0.343 e. The van der Waals surface area contributed by atoms with Gasteiger partial charge in [0.1, 0.15) is 11.5 Å². The van der Waals surface area contributed by atoms with Crippen molar-refractivity contribution in [3.63, 3.8) is 0 Å². The van der Waals surface area contributed by atoms with E-state index >= 15 is 0 Å². The molecule has 0 saturated carbocycles. The molecule has 0 radical (unpaired) electrons. The maximum absolute atomic E-state index is 12.1. The lowest BCUT2D eigenvalue weighted by Crippen LogP contribution is -2.09. The first-order chi connectivity index (χ1) is 9.24. The molecule has 0 bridgehead atoms. The minimum absolute atomic E-state index is 0.396. The molecule has 2 aromatic rings. The highest BCUT2D eigenvalue weighted by atomic mass is 79.9. The second-order valence-corrected chi connectivity index (χ2v) is 4.42. The van der Waals surface area contributed by atoms with Crippen LogP contribution in [-0.4, -0.2) is 13.1 Å².